The maximum Gasteiger partial charge on any atom is 0.224 e. The van der Waals surface area contributed by atoms with Crippen LogP contribution >= 0.6 is 0 Å². The molecule has 0 fully saturated rings. The van der Waals surface area contributed by atoms with Crippen LogP contribution in [-0.4, -0.2) is 23.7 Å². The summed E-state index contributed by atoms with van der Waals surface area (Å²) >= 11 is 0. The third-order valence-electron chi connectivity index (χ3n) is 4.45. The van der Waals surface area contributed by atoms with Crippen molar-refractivity contribution in [1.82, 2.24) is 5.32 Å². The minimum Gasteiger partial charge on any atom is -0.489 e. The van der Waals surface area contributed by atoms with Crippen molar-refractivity contribution in [1.29, 1.82) is 0 Å². The van der Waals surface area contributed by atoms with Gasteiger partial charge in [0.05, 0.1) is 19.1 Å². The molecular formula is C24H25NO3. The molecule has 0 saturated heterocycles. The second-order valence-corrected chi connectivity index (χ2v) is 6.73. The number of hydrogen-bond acceptors (Lipinski definition) is 3. The van der Waals surface area contributed by atoms with Gasteiger partial charge in [-0.15, -0.1) is 0 Å². The molecule has 3 rings (SSSR count). The minimum atomic E-state index is -0.313. The van der Waals surface area contributed by atoms with E-state index in [0.717, 1.165) is 22.4 Å². The molecule has 0 radical (unpaired) electrons. The van der Waals surface area contributed by atoms with Crippen LogP contribution in [0.15, 0.2) is 84.9 Å². The number of hydrogen-bond donors (Lipinski definition) is 2. The number of aliphatic hydroxyl groups excluding tert-OH is 1. The van der Waals surface area contributed by atoms with E-state index in [1.165, 1.54) is 0 Å². The topological polar surface area (TPSA) is 58.6 Å². The van der Waals surface area contributed by atoms with Gasteiger partial charge in [-0.2, -0.15) is 0 Å². The first-order valence-corrected chi connectivity index (χ1v) is 9.43. The third-order valence-corrected chi connectivity index (χ3v) is 4.45. The lowest BCUT2D eigenvalue weighted by atomic mass is 10.1. The van der Waals surface area contributed by atoms with Crippen molar-refractivity contribution in [2.24, 2.45) is 0 Å². The molecule has 3 aromatic carbocycles. The molecule has 1 atom stereocenters. The van der Waals surface area contributed by atoms with Gasteiger partial charge < -0.3 is 15.2 Å². The quantitative estimate of drug-likeness (QED) is 0.602. The van der Waals surface area contributed by atoms with Gasteiger partial charge in [-0.1, -0.05) is 72.8 Å². The normalized spacial score (nSPS) is 11.6. The van der Waals surface area contributed by atoms with E-state index in [9.17, 15) is 9.90 Å². The van der Waals surface area contributed by atoms with Crippen LogP contribution in [0, 0.1) is 0 Å². The standard InChI is InChI=1S/C24H25NO3/c26-17-22(25-24(27)16-19-7-3-1-4-8-19)15-20-11-13-23(14-12-20)28-18-21-9-5-2-6-10-21/h1-14,22,26H,15-18H2,(H,25,27). The Morgan fingerprint density at radius 3 is 2.04 bits per heavy atom. The highest BCUT2D eigenvalue weighted by Crippen LogP contribution is 2.15. The van der Waals surface area contributed by atoms with Crippen LogP contribution in [-0.2, 0) is 24.2 Å². The molecule has 0 aromatic heterocycles. The Labute approximate surface area is 165 Å². The molecule has 0 aliphatic rings. The fourth-order valence-electron chi connectivity index (χ4n) is 2.97. The molecule has 4 nitrogen and oxygen atoms in total. The highest BCUT2D eigenvalue weighted by Gasteiger charge is 2.12. The van der Waals surface area contributed by atoms with Crippen LogP contribution in [0.5, 0.6) is 5.75 Å². The minimum absolute atomic E-state index is 0.0898. The van der Waals surface area contributed by atoms with Crippen molar-refractivity contribution in [3.63, 3.8) is 0 Å². The lowest BCUT2D eigenvalue weighted by Crippen LogP contribution is -2.39. The molecule has 1 unspecified atom stereocenters. The summed E-state index contributed by atoms with van der Waals surface area (Å²) in [6, 6.07) is 27.0. The van der Waals surface area contributed by atoms with Gasteiger partial charge >= 0.3 is 0 Å². The molecule has 144 valence electrons. The van der Waals surface area contributed by atoms with Crippen LogP contribution in [0.4, 0.5) is 0 Å². The first-order valence-electron chi connectivity index (χ1n) is 9.43. The van der Waals surface area contributed by atoms with Crippen molar-refractivity contribution in [3.05, 3.63) is 102 Å². The van der Waals surface area contributed by atoms with Crippen molar-refractivity contribution in [2.75, 3.05) is 6.61 Å². The Balaban J connectivity index is 1.49. The number of rotatable bonds is 9. The predicted molar refractivity (Wildman–Crippen MR) is 110 cm³/mol. The van der Waals surface area contributed by atoms with Gasteiger partial charge in [0.1, 0.15) is 12.4 Å². The van der Waals surface area contributed by atoms with Gasteiger partial charge in [-0.05, 0) is 35.2 Å². The maximum atomic E-state index is 12.2. The molecule has 0 saturated carbocycles. The maximum absolute atomic E-state index is 12.2. The molecule has 0 aliphatic carbocycles. The van der Waals surface area contributed by atoms with E-state index in [-0.39, 0.29) is 18.6 Å². The lowest BCUT2D eigenvalue weighted by molar-refractivity contribution is -0.121. The zero-order valence-corrected chi connectivity index (χ0v) is 15.8. The van der Waals surface area contributed by atoms with Gasteiger partial charge in [0.2, 0.25) is 5.91 Å². The summed E-state index contributed by atoms with van der Waals surface area (Å²) in [4.78, 5) is 12.2. The molecule has 2 N–H and O–H groups in total. The van der Waals surface area contributed by atoms with E-state index < -0.39 is 0 Å². The number of aliphatic hydroxyl groups is 1. The van der Waals surface area contributed by atoms with E-state index in [1.54, 1.807) is 0 Å². The fraction of sp³-hybridized carbons (Fsp3) is 0.208. The number of carbonyl (C=O) groups is 1. The smallest absolute Gasteiger partial charge is 0.224 e. The van der Waals surface area contributed by atoms with Gasteiger partial charge in [0, 0.05) is 0 Å². The van der Waals surface area contributed by atoms with E-state index in [0.29, 0.717) is 19.4 Å². The number of carbonyl (C=O) groups excluding carboxylic acids is 1. The Bertz CT molecular complexity index is 848. The van der Waals surface area contributed by atoms with Gasteiger partial charge in [-0.3, -0.25) is 4.79 Å². The lowest BCUT2D eigenvalue weighted by Gasteiger charge is -2.17. The van der Waals surface area contributed by atoms with Gasteiger partial charge in [0.25, 0.3) is 0 Å². The van der Waals surface area contributed by atoms with E-state index >= 15 is 0 Å². The summed E-state index contributed by atoms with van der Waals surface area (Å²) in [6.07, 6.45) is 0.875. The van der Waals surface area contributed by atoms with Crippen LogP contribution in [0.1, 0.15) is 16.7 Å². The molecule has 28 heavy (non-hydrogen) atoms. The van der Waals surface area contributed by atoms with Crippen LogP contribution < -0.4 is 10.1 Å². The van der Waals surface area contributed by atoms with Crippen molar-refractivity contribution in [2.45, 2.75) is 25.5 Å². The third kappa shape index (κ3) is 6.25. The average molecular weight is 375 g/mol. The Morgan fingerprint density at radius 2 is 1.43 bits per heavy atom. The highest BCUT2D eigenvalue weighted by atomic mass is 16.5. The molecule has 0 aliphatic heterocycles. The van der Waals surface area contributed by atoms with Crippen LogP contribution in [0.3, 0.4) is 0 Å². The predicted octanol–water partition coefficient (Wildman–Crippen LogP) is 3.53. The summed E-state index contributed by atoms with van der Waals surface area (Å²) in [5, 5.41) is 12.5. The summed E-state index contributed by atoms with van der Waals surface area (Å²) in [5.41, 5.74) is 3.11. The molecular weight excluding hydrogens is 350 g/mol. The monoisotopic (exact) mass is 375 g/mol. The molecule has 0 spiro atoms. The number of nitrogens with one attached hydrogen (secondary N) is 1. The zero-order valence-electron chi connectivity index (χ0n) is 15.8. The largest absolute Gasteiger partial charge is 0.489 e. The molecule has 0 heterocycles. The summed E-state index contributed by atoms with van der Waals surface area (Å²) in [6.45, 7) is 0.418. The number of benzene rings is 3. The molecule has 4 heteroatoms. The highest BCUT2D eigenvalue weighted by molar-refractivity contribution is 5.78. The van der Waals surface area contributed by atoms with Crippen molar-refractivity contribution >= 4 is 5.91 Å². The molecule has 1 amide bonds. The van der Waals surface area contributed by atoms with E-state index in [1.807, 2.05) is 84.9 Å². The average Bonchev–Trinajstić information content (AvgIpc) is 2.74. The number of ether oxygens (including phenoxy) is 1. The molecule has 0 bridgehead atoms. The Kier molecular flexibility index (Phi) is 7.21. The second kappa shape index (κ2) is 10.3. The second-order valence-electron chi connectivity index (χ2n) is 6.73. The first kappa shape index (κ1) is 19.6. The first-order chi connectivity index (χ1) is 13.7. The Morgan fingerprint density at radius 1 is 0.821 bits per heavy atom. The van der Waals surface area contributed by atoms with Gasteiger partial charge in [0.15, 0.2) is 0 Å². The Hall–Kier alpha value is -3.11. The van der Waals surface area contributed by atoms with E-state index in [4.69, 9.17) is 4.74 Å². The SMILES string of the molecule is O=C(Cc1ccccc1)NC(CO)Cc1ccc(OCc2ccccc2)cc1. The van der Waals surface area contributed by atoms with Crippen molar-refractivity contribution in [3.8, 4) is 5.75 Å². The van der Waals surface area contributed by atoms with Gasteiger partial charge in [-0.25, -0.2) is 0 Å². The fourth-order valence-corrected chi connectivity index (χ4v) is 2.97. The van der Waals surface area contributed by atoms with Crippen LogP contribution in [0.25, 0.3) is 0 Å². The van der Waals surface area contributed by atoms with Crippen molar-refractivity contribution < 1.29 is 14.6 Å². The zero-order chi connectivity index (χ0) is 19.6. The summed E-state index contributed by atoms with van der Waals surface area (Å²) in [7, 11) is 0. The molecule has 3 aromatic rings. The van der Waals surface area contributed by atoms with E-state index in [2.05, 4.69) is 5.32 Å². The number of amides is 1. The van der Waals surface area contributed by atoms with Crippen LogP contribution in [0.2, 0.25) is 0 Å². The summed E-state index contributed by atoms with van der Waals surface area (Å²) in [5.74, 6) is 0.703. The summed E-state index contributed by atoms with van der Waals surface area (Å²) < 4.78 is 5.79.